The van der Waals surface area contributed by atoms with Crippen LogP contribution in [0.25, 0.3) is 0 Å². The van der Waals surface area contributed by atoms with E-state index in [1.54, 1.807) is 25.1 Å². The summed E-state index contributed by atoms with van der Waals surface area (Å²) in [5, 5.41) is 0. The van der Waals surface area contributed by atoms with E-state index in [1.165, 1.54) is 6.26 Å². The number of hydrogen-bond acceptors (Lipinski definition) is 3. The number of carbonyl (C=O) groups is 2. The van der Waals surface area contributed by atoms with Crippen molar-refractivity contribution in [3.63, 3.8) is 0 Å². The molecule has 0 bridgehead atoms. The predicted molar refractivity (Wildman–Crippen MR) is 83.5 cm³/mol. The first-order chi connectivity index (χ1) is 10.3. The second-order valence-electron chi connectivity index (χ2n) is 6.13. The molecule has 1 aromatic heterocycles. The van der Waals surface area contributed by atoms with Crippen molar-refractivity contribution in [3.8, 4) is 0 Å². The lowest BCUT2D eigenvalue weighted by Crippen LogP contribution is -2.41. The average Bonchev–Trinajstić information content (AvgIpc) is 2.90. The van der Waals surface area contributed by atoms with E-state index in [-0.39, 0.29) is 11.3 Å². The van der Waals surface area contributed by atoms with E-state index < -0.39 is 5.91 Å². The molecule has 116 valence electrons. The number of benzene rings is 1. The Morgan fingerprint density at radius 3 is 2.05 bits per heavy atom. The van der Waals surface area contributed by atoms with Crippen molar-refractivity contribution in [2.24, 2.45) is 0 Å². The van der Waals surface area contributed by atoms with Crippen LogP contribution in [0.4, 0.5) is 0 Å². The molecule has 0 saturated carbocycles. The number of rotatable bonds is 2. The molecular weight excluding hydrogens is 280 g/mol. The van der Waals surface area contributed by atoms with Gasteiger partial charge in [0, 0.05) is 5.56 Å². The topological polar surface area (TPSA) is 71.3 Å². The lowest BCUT2D eigenvalue weighted by atomic mass is 9.87. The van der Waals surface area contributed by atoms with Crippen molar-refractivity contribution in [1.82, 2.24) is 10.9 Å². The Morgan fingerprint density at radius 1 is 0.955 bits per heavy atom. The molecule has 2 rings (SSSR count). The van der Waals surface area contributed by atoms with Gasteiger partial charge >= 0.3 is 0 Å². The van der Waals surface area contributed by atoms with E-state index in [9.17, 15) is 9.59 Å². The van der Waals surface area contributed by atoms with Crippen molar-refractivity contribution in [2.45, 2.75) is 33.1 Å². The van der Waals surface area contributed by atoms with Gasteiger partial charge in [-0.2, -0.15) is 0 Å². The number of hydrazine groups is 1. The van der Waals surface area contributed by atoms with E-state index in [4.69, 9.17) is 4.42 Å². The second kappa shape index (κ2) is 6.05. The molecule has 0 aliphatic heterocycles. The third-order valence-corrected chi connectivity index (χ3v) is 3.41. The fraction of sp³-hybridized carbons (Fsp3) is 0.294. The summed E-state index contributed by atoms with van der Waals surface area (Å²) in [4.78, 5) is 23.9. The quantitative estimate of drug-likeness (QED) is 0.838. The van der Waals surface area contributed by atoms with E-state index in [0.29, 0.717) is 16.9 Å². The van der Waals surface area contributed by atoms with Gasteiger partial charge in [-0.3, -0.25) is 20.4 Å². The molecule has 0 spiro atoms. The summed E-state index contributed by atoms with van der Waals surface area (Å²) in [7, 11) is 0. The molecule has 1 aromatic carbocycles. The number of amides is 2. The predicted octanol–water partition coefficient (Wildman–Crippen LogP) is 2.96. The van der Waals surface area contributed by atoms with Gasteiger partial charge in [-0.15, -0.1) is 0 Å². The first-order valence-corrected chi connectivity index (χ1v) is 7.04. The summed E-state index contributed by atoms with van der Waals surface area (Å²) in [6.07, 6.45) is 1.43. The van der Waals surface area contributed by atoms with Gasteiger partial charge in [0.15, 0.2) is 0 Å². The van der Waals surface area contributed by atoms with Crippen molar-refractivity contribution < 1.29 is 14.0 Å². The molecule has 0 aliphatic rings. The van der Waals surface area contributed by atoms with Crippen LogP contribution in [0, 0.1) is 6.92 Å². The third kappa shape index (κ3) is 3.55. The molecule has 2 aromatic rings. The first-order valence-electron chi connectivity index (χ1n) is 7.04. The van der Waals surface area contributed by atoms with Crippen LogP contribution >= 0.6 is 0 Å². The second-order valence-corrected chi connectivity index (χ2v) is 6.13. The summed E-state index contributed by atoms with van der Waals surface area (Å²) < 4.78 is 5.05. The molecule has 0 atom stereocenters. The molecule has 0 fully saturated rings. The number of carbonyl (C=O) groups excluding carboxylic acids is 2. The van der Waals surface area contributed by atoms with Crippen molar-refractivity contribution in [1.29, 1.82) is 0 Å². The van der Waals surface area contributed by atoms with E-state index in [0.717, 1.165) is 5.56 Å². The summed E-state index contributed by atoms with van der Waals surface area (Å²) in [5.74, 6) is -0.276. The Bertz CT molecular complexity index is 679. The minimum absolute atomic E-state index is 0.0298. The van der Waals surface area contributed by atoms with Gasteiger partial charge in [0.25, 0.3) is 11.8 Å². The van der Waals surface area contributed by atoms with Crippen LogP contribution in [-0.2, 0) is 5.41 Å². The Morgan fingerprint density at radius 2 is 1.55 bits per heavy atom. The highest BCUT2D eigenvalue weighted by Crippen LogP contribution is 2.22. The molecule has 5 nitrogen and oxygen atoms in total. The largest absolute Gasteiger partial charge is 0.469 e. The van der Waals surface area contributed by atoms with Gasteiger partial charge in [-0.1, -0.05) is 32.9 Å². The van der Waals surface area contributed by atoms with Crippen molar-refractivity contribution in [3.05, 3.63) is 59.0 Å². The normalized spacial score (nSPS) is 11.1. The smallest absolute Gasteiger partial charge is 0.273 e. The summed E-state index contributed by atoms with van der Waals surface area (Å²) in [6.45, 7) is 8.00. The SMILES string of the molecule is Cc1occc1C(=O)NNC(=O)c1ccc(C(C)(C)C)cc1. The van der Waals surface area contributed by atoms with Gasteiger partial charge < -0.3 is 4.42 Å². The van der Waals surface area contributed by atoms with Crippen LogP contribution in [-0.4, -0.2) is 11.8 Å². The van der Waals surface area contributed by atoms with E-state index >= 15 is 0 Å². The summed E-state index contributed by atoms with van der Waals surface area (Å²) in [5.41, 5.74) is 6.81. The van der Waals surface area contributed by atoms with E-state index in [1.807, 2.05) is 12.1 Å². The maximum atomic E-state index is 12.0. The molecule has 0 saturated heterocycles. The molecule has 5 heteroatoms. The summed E-state index contributed by atoms with van der Waals surface area (Å²) >= 11 is 0. The van der Waals surface area contributed by atoms with Gasteiger partial charge in [0.2, 0.25) is 0 Å². The van der Waals surface area contributed by atoms with Gasteiger partial charge in [0.05, 0.1) is 11.8 Å². The van der Waals surface area contributed by atoms with E-state index in [2.05, 4.69) is 31.6 Å². The highest BCUT2D eigenvalue weighted by molar-refractivity contribution is 5.99. The van der Waals surface area contributed by atoms with Crippen molar-refractivity contribution >= 4 is 11.8 Å². The molecule has 0 unspecified atom stereocenters. The Kier molecular flexibility index (Phi) is 4.35. The third-order valence-electron chi connectivity index (χ3n) is 3.41. The fourth-order valence-corrected chi connectivity index (χ4v) is 2.00. The zero-order valence-corrected chi connectivity index (χ0v) is 13.2. The molecule has 0 radical (unpaired) electrons. The lowest BCUT2D eigenvalue weighted by molar-refractivity contribution is 0.0845. The molecule has 2 N–H and O–H groups in total. The highest BCUT2D eigenvalue weighted by atomic mass is 16.3. The average molecular weight is 300 g/mol. The van der Waals surface area contributed by atoms with Crippen LogP contribution in [0.3, 0.4) is 0 Å². The molecule has 2 amide bonds. The number of furan rings is 1. The highest BCUT2D eigenvalue weighted by Gasteiger charge is 2.15. The zero-order valence-electron chi connectivity index (χ0n) is 13.2. The minimum atomic E-state index is -0.411. The Hall–Kier alpha value is -2.56. The Labute approximate surface area is 129 Å². The maximum Gasteiger partial charge on any atom is 0.273 e. The Balaban J connectivity index is 1.98. The van der Waals surface area contributed by atoms with Gasteiger partial charge in [0.1, 0.15) is 5.76 Å². The minimum Gasteiger partial charge on any atom is -0.469 e. The monoisotopic (exact) mass is 300 g/mol. The van der Waals surface area contributed by atoms with Crippen LogP contribution < -0.4 is 10.9 Å². The molecule has 1 heterocycles. The molecule has 22 heavy (non-hydrogen) atoms. The fourth-order valence-electron chi connectivity index (χ4n) is 2.00. The lowest BCUT2D eigenvalue weighted by Gasteiger charge is -2.19. The number of aryl methyl sites for hydroxylation is 1. The zero-order chi connectivity index (χ0) is 16.3. The maximum absolute atomic E-state index is 12.0. The summed E-state index contributed by atoms with van der Waals surface area (Å²) in [6, 6.07) is 8.86. The number of hydrogen-bond donors (Lipinski definition) is 2. The standard InChI is InChI=1S/C17H20N2O3/c1-11-14(9-10-22-11)16(21)19-18-15(20)12-5-7-13(8-6-12)17(2,3)4/h5-10H,1-4H3,(H,18,20)(H,19,21). The van der Waals surface area contributed by atoms with Gasteiger partial charge in [-0.25, -0.2) is 0 Å². The van der Waals surface area contributed by atoms with Crippen LogP contribution in [0.5, 0.6) is 0 Å². The molecular formula is C17H20N2O3. The molecule has 0 aliphatic carbocycles. The first kappa shape index (κ1) is 15.8. The van der Waals surface area contributed by atoms with Crippen LogP contribution in [0.15, 0.2) is 41.0 Å². The number of nitrogens with one attached hydrogen (secondary N) is 2. The van der Waals surface area contributed by atoms with Crippen molar-refractivity contribution in [2.75, 3.05) is 0 Å². The van der Waals surface area contributed by atoms with Crippen LogP contribution in [0.1, 0.15) is 52.8 Å². The van der Waals surface area contributed by atoms with Gasteiger partial charge in [-0.05, 0) is 36.1 Å². The van der Waals surface area contributed by atoms with Crippen LogP contribution in [0.2, 0.25) is 0 Å².